The highest BCUT2D eigenvalue weighted by molar-refractivity contribution is 5.79. The Morgan fingerprint density at radius 1 is 1.29 bits per heavy atom. The van der Waals surface area contributed by atoms with Gasteiger partial charge in [-0.25, -0.2) is 0 Å². The SMILES string of the molecule is CC(C)CNC(=O)C(CO)Cc1ccccc1. The standard InChI is InChI=1S/C14H21NO2/c1-11(2)9-15-14(17)13(10-16)8-12-6-4-3-5-7-12/h3-7,11,13,16H,8-10H2,1-2H3,(H,15,17). The van der Waals surface area contributed by atoms with Crippen LogP contribution < -0.4 is 5.32 Å². The molecule has 2 N–H and O–H groups in total. The number of nitrogens with one attached hydrogen (secondary N) is 1. The number of hydrogen-bond donors (Lipinski definition) is 2. The Balaban J connectivity index is 2.51. The smallest absolute Gasteiger partial charge is 0.225 e. The fraction of sp³-hybridized carbons (Fsp3) is 0.500. The van der Waals surface area contributed by atoms with Crippen LogP contribution in [-0.4, -0.2) is 24.2 Å². The Morgan fingerprint density at radius 2 is 1.94 bits per heavy atom. The van der Waals surface area contributed by atoms with Crippen LogP contribution in [0.2, 0.25) is 0 Å². The highest BCUT2D eigenvalue weighted by Crippen LogP contribution is 2.08. The van der Waals surface area contributed by atoms with Crippen LogP contribution in [0.25, 0.3) is 0 Å². The van der Waals surface area contributed by atoms with Gasteiger partial charge in [0.25, 0.3) is 0 Å². The van der Waals surface area contributed by atoms with Crippen molar-refractivity contribution in [3.8, 4) is 0 Å². The first-order valence-electron chi connectivity index (χ1n) is 6.06. The van der Waals surface area contributed by atoms with Crippen LogP contribution in [0.3, 0.4) is 0 Å². The van der Waals surface area contributed by atoms with Gasteiger partial charge >= 0.3 is 0 Å². The molecule has 0 aliphatic carbocycles. The van der Waals surface area contributed by atoms with Gasteiger partial charge in [0, 0.05) is 6.54 Å². The van der Waals surface area contributed by atoms with E-state index in [2.05, 4.69) is 5.32 Å². The maximum absolute atomic E-state index is 11.8. The molecule has 3 nitrogen and oxygen atoms in total. The molecule has 1 atom stereocenters. The summed E-state index contributed by atoms with van der Waals surface area (Å²) in [6.07, 6.45) is 0.585. The molecule has 1 aromatic rings. The number of benzene rings is 1. The predicted molar refractivity (Wildman–Crippen MR) is 68.6 cm³/mol. The highest BCUT2D eigenvalue weighted by atomic mass is 16.3. The van der Waals surface area contributed by atoms with E-state index >= 15 is 0 Å². The van der Waals surface area contributed by atoms with Gasteiger partial charge < -0.3 is 10.4 Å². The number of aliphatic hydroxyl groups is 1. The summed E-state index contributed by atoms with van der Waals surface area (Å²) < 4.78 is 0. The Labute approximate surface area is 103 Å². The van der Waals surface area contributed by atoms with Crippen LogP contribution in [0, 0.1) is 11.8 Å². The average Bonchev–Trinajstić information content (AvgIpc) is 2.34. The van der Waals surface area contributed by atoms with Crippen molar-refractivity contribution in [2.45, 2.75) is 20.3 Å². The monoisotopic (exact) mass is 235 g/mol. The number of amides is 1. The van der Waals surface area contributed by atoms with E-state index in [1.54, 1.807) is 0 Å². The third kappa shape index (κ3) is 5.00. The van der Waals surface area contributed by atoms with Gasteiger partial charge in [0.2, 0.25) is 5.91 Å². The molecule has 0 aromatic heterocycles. The zero-order valence-corrected chi connectivity index (χ0v) is 10.5. The third-order valence-corrected chi connectivity index (χ3v) is 2.60. The number of carbonyl (C=O) groups excluding carboxylic acids is 1. The molecular weight excluding hydrogens is 214 g/mol. The van der Waals surface area contributed by atoms with Gasteiger partial charge in [-0.3, -0.25) is 4.79 Å². The maximum Gasteiger partial charge on any atom is 0.225 e. The molecule has 0 saturated carbocycles. The molecule has 0 radical (unpaired) electrons. The van der Waals surface area contributed by atoms with Crippen molar-refractivity contribution in [3.63, 3.8) is 0 Å². The molecule has 0 aliphatic heterocycles. The second-order valence-corrected chi connectivity index (χ2v) is 4.71. The van der Waals surface area contributed by atoms with Gasteiger partial charge in [0.15, 0.2) is 0 Å². The molecule has 17 heavy (non-hydrogen) atoms. The summed E-state index contributed by atoms with van der Waals surface area (Å²) in [5, 5.41) is 12.1. The van der Waals surface area contributed by atoms with Crippen LogP contribution in [-0.2, 0) is 11.2 Å². The van der Waals surface area contributed by atoms with E-state index in [1.165, 1.54) is 0 Å². The first-order chi connectivity index (χ1) is 8.13. The average molecular weight is 235 g/mol. The predicted octanol–water partition coefficient (Wildman–Crippen LogP) is 1.61. The summed E-state index contributed by atoms with van der Waals surface area (Å²) in [5.41, 5.74) is 1.08. The minimum absolute atomic E-state index is 0.0648. The van der Waals surface area contributed by atoms with Crippen LogP contribution in [0.15, 0.2) is 30.3 Å². The Bertz CT molecular complexity index is 335. The minimum atomic E-state index is -0.351. The summed E-state index contributed by atoms with van der Waals surface area (Å²) in [6.45, 7) is 4.64. The number of rotatable bonds is 6. The van der Waals surface area contributed by atoms with Gasteiger partial charge in [-0.15, -0.1) is 0 Å². The van der Waals surface area contributed by atoms with Crippen molar-refractivity contribution < 1.29 is 9.90 Å². The van der Waals surface area contributed by atoms with Crippen LogP contribution in [0.5, 0.6) is 0 Å². The molecule has 0 spiro atoms. The minimum Gasteiger partial charge on any atom is -0.396 e. The number of hydrogen-bond acceptors (Lipinski definition) is 2. The lowest BCUT2D eigenvalue weighted by atomic mass is 9.99. The highest BCUT2D eigenvalue weighted by Gasteiger charge is 2.17. The second-order valence-electron chi connectivity index (χ2n) is 4.71. The second kappa shape index (κ2) is 7.07. The molecule has 0 bridgehead atoms. The molecule has 1 amide bonds. The van der Waals surface area contributed by atoms with E-state index in [4.69, 9.17) is 0 Å². The van der Waals surface area contributed by atoms with Crippen molar-refractivity contribution in [2.75, 3.05) is 13.2 Å². The first kappa shape index (κ1) is 13.7. The molecule has 0 heterocycles. The van der Waals surface area contributed by atoms with Gasteiger partial charge in [-0.1, -0.05) is 44.2 Å². The fourth-order valence-electron chi connectivity index (χ4n) is 1.59. The summed E-state index contributed by atoms with van der Waals surface area (Å²) in [5.74, 6) is 0.0104. The van der Waals surface area contributed by atoms with E-state index in [0.717, 1.165) is 5.56 Å². The lowest BCUT2D eigenvalue weighted by Gasteiger charge is -2.15. The van der Waals surface area contributed by atoms with Crippen molar-refractivity contribution in [1.29, 1.82) is 0 Å². The quantitative estimate of drug-likeness (QED) is 0.787. The summed E-state index contributed by atoms with van der Waals surface area (Å²) >= 11 is 0. The van der Waals surface area contributed by atoms with Gasteiger partial charge in [0.05, 0.1) is 12.5 Å². The van der Waals surface area contributed by atoms with E-state index in [0.29, 0.717) is 18.9 Å². The zero-order valence-electron chi connectivity index (χ0n) is 10.5. The normalized spacial score (nSPS) is 12.5. The van der Waals surface area contributed by atoms with Gasteiger partial charge in [-0.2, -0.15) is 0 Å². The van der Waals surface area contributed by atoms with E-state index in [9.17, 15) is 9.90 Å². The zero-order chi connectivity index (χ0) is 12.7. The molecule has 0 saturated heterocycles. The van der Waals surface area contributed by atoms with E-state index in [-0.39, 0.29) is 18.4 Å². The number of carbonyl (C=O) groups is 1. The van der Waals surface area contributed by atoms with Crippen molar-refractivity contribution in [3.05, 3.63) is 35.9 Å². The van der Waals surface area contributed by atoms with Gasteiger partial charge in [-0.05, 0) is 17.9 Å². The Hall–Kier alpha value is -1.35. The molecular formula is C14H21NO2. The number of aliphatic hydroxyl groups excluding tert-OH is 1. The van der Waals surface area contributed by atoms with Crippen molar-refractivity contribution >= 4 is 5.91 Å². The third-order valence-electron chi connectivity index (χ3n) is 2.60. The Morgan fingerprint density at radius 3 is 2.47 bits per heavy atom. The summed E-state index contributed by atoms with van der Waals surface area (Å²) in [4.78, 5) is 11.8. The van der Waals surface area contributed by atoms with Crippen LogP contribution in [0.4, 0.5) is 0 Å². The molecule has 1 aromatic carbocycles. The maximum atomic E-state index is 11.8. The van der Waals surface area contributed by atoms with Gasteiger partial charge in [0.1, 0.15) is 0 Å². The molecule has 0 fully saturated rings. The first-order valence-corrected chi connectivity index (χ1v) is 6.06. The molecule has 0 aliphatic rings. The molecule has 1 unspecified atom stereocenters. The van der Waals surface area contributed by atoms with E-state index in [1.807, 2.05) is 44.2 Å². The molecule has 1 rings (SSSR count). The van der Waals surface area contributed by atoms with Crippen molar-refractivity contribution in [1.82, 2.24) is 5.32 Å². The van der Waals surface area contributed by atoms with E-state index < -0.39 is 0 Å². The lowest BCUT2D eigenvalue weighted by molar-refractivity contribution is -0.126. The summed E-state index contributed by atoms with van der Waals surface area (Å²) in [7, 11) is 0. The van der Waals surface area contributed by atoms with Crippen molar-refractivity contribution in [2.24, 2.45) is 11.8 Å². The topological polar surface area (TPSA) is 49.3 Å². The fourth-order valence-corrected chi connectivity index (χ4v) is 1.59. The lowest BCUT2D eigenvalue weighted by Crippen LogP contribution is -2.36. The van der Waals surface area contributed by atoms with Crippen LogP contribution in [0.1, 0.15) is 19.4 Å². The molecule has 3 heteroatoms. The van der Waals surface area contributed by atoms with Crippen LogP contribution >= 0.6 is 0 Å². The summed E-state index contributed by atoms with van der Waals surface area (Å²) in [6, 6.07) is 9.76. The Kier molecular flexibility index (Phi) is 5.70. The molecule has 94 valence electrons. The largest absolute Gasteiger partial charge is 0.396 e.